The fourth-order valence-electron chi connectivity index (χ4n) is 2.28. The number of hydrogen-bond acceptors (Lipinski definition) is 3. The smallest absolute Gasteiger partial charge is 0.106 e. The summed E-state index contributed by atoms with van der Waals surface area (Å²) in [5.41, 5.74) is 5.82. The number of aryl methyl sites for hydroxylation is 3. The van der Waals surface area contributed by atoms with E-state index >= 15 is 0 Å². The average Bonchev–Trinajstić information content (AvgIpc) is 2.41. The van der Waals surface area contributed by atoms with Crippen LogP contribution in [-0.4, -0.2) is 15.3 Å². The molecular formula is C16H20N2O. The molecule has 0 fully saturated rings. The fraction of sp³-hybridized carbons (Fsp3) is 0.375. The lowest BCUT2D eigenvalue weighted by Gasteiger charge is -2.18. The number of aliphatic hydroxyl groups excluding tert-OH is 1. The molecule has 0 saturated carbocycles. The lowest BCUT2D eigenvalue weighted by Crippen LogP contribution is -2.09. The summed E-state index contributed by atoms with van der Waals surface area (Å²) in [6.45, 7) is 8.02. The van der Waals surface area contributed by atoms with Gasteiger partial charge < -0.3 is 5.11 Å². The second-order valence-electron chi connectivity index (χ2n) is 4.93. The van der Waals surface area contributed by atoms with Crippen molar-refractivity contribution in [3.05, 3.63) is 57.9 Å². The average molecular weight is 256 g/mol. The highest BCUT2D eigenvalue weighted by molar-refractivity contribution is 5.40. The van der Waals surface area contributed by atoms with E-state index in [0.717, 1.165) is 34.5 Å². The van der Waals surface area contributed by atoms with Crippen molar-refractivity contribution in [1.29, 1.82) is 0 Å². The molecule has 0 bridgehead atoms. The van der Waals surface area contributed by atoms with Crippen LogP contribution in [0.5, 0.6) is 0 Å². The monoisotopic (exact) mass is 256 g/mol. The Kier molecular flexibility index (Phi) is 3.96. The number of nitrogens with zero attached hydrogens (tertiary/aromatic N) is 2. The van der Waals surface area contributed by atoms with Crippen LogP contribution >= 0.6 is 0 Å². The van der Waals surface area contributed by atoms with E-state index < -0.39 is 6.10 Å². The largest absolute Gasteiger partial charge is 0.384 e. The van der Waals surface area contributed by atoms with Crippen LogP contribution in [0, 0.1) is 20.8 Å². The predicted octanol–water partition coefficient (Wildman–Crippen LogP) is 3.05. The minimum atomic E-state index is -0.635. The third kappa shape index (κ3) is 2.66. The van der Waals surface area contributed by atoms with Gasteiger partial charge in [0.05, 0.1) is 11.4 Å². The molecule has 100 valence electrons. The molecule has 0 aliphatic heterocycles. The molecule has 3 heteroatoms. The molecule has 2 aromatic rings. The summed E-state index contributed by atoms with van der Waals surface area (Å²) in [6, 6.07) is 7.94. The van der Waals surface area contributed by atoms with Crippen molar-refractivity contribution in [2.75, 3.05) is 0 Å². The van der Waals surface area contributed by atoms with Gasteiger partial charge in [-0.25, -0.2) is 0 Å². The Morgan fingerprint density at radius 1 is 1.11 bits per heavy atom. The third-order valence-electron chi connectivity index (χ3n) is 3.60. The van der Waals surface area contributed by atoms with E-state index in [4.69, 9.17) is 0 Å². The zero-order chi connectivity index (χ0) is 14.0. The van der Waals surface area contributed by atoms with E-state index in [0.29, 0.717) is 0 Å². The van der Waals surface area contributed by atoms with Gasteiger partial charge >= 0.3 is 0 Å². The zero-order valence-corrected chi connectivity index (χ0v) is 11.9. The van der Waals surface area contributed by atoms with Crippen molar-refractivity contribution in [3.8, 4) is 0 Å². The van der Waals surface area contributed by atoms with Crippen LogP contribution < -0.4 is 0 Å². The predicted molar refractivity (Wildman–Crippen MR) is 76.1 cm³/mol. The van der Waals surface area contributed by atoms with Crippen LogP contribution in [0.2, 0.25) is 0 Å². The van der Waals surface area contributed by atoms with E-state index in [1.54, 1.807) is 0 Å². The Morgan fingerprint density at radius 2 is 1.84 bits per heavy atom. The fourth-order valence-corrected chi connectivity index (χ4v) is 2.28. The van der Waals surface area contributed by atoms with Gasteiger partial charge in [0.1, 0.15) is 6.10 Å². The van der Waals surface area contributed by atoms with E-state index in [-0.39, 0.29) is 0 Å². The molecule has 1 atom stereocenters. The Morgan fingerprint density at radius 3 is 2.53 bits per heavy atom. The van der Waals surface area contributed by atoms with Gasteiger partial charge in [-0.05, 0) is 49.9 Å². The normalized spacial score (nSPS) is 12.5. The molecule has 1 aromatic heterocycles. The van der Waals surface area contributed by atoms with E-state index in [1.165, 1.54) is 5.56 Å². The van der Waals surface area contributed by atoms with Crippen LogP contribution in [0.1, 0.15) is 46.7 Å². The van der Waals surface area contributed by atoms with Gasteiger partial charge in [-0.15, -0.1) is 0 Å². The van der Waals surface area contributed by atoms with Gasteiger partial charge in [0, 0.05) is 5.56 Å². The summed E-state index contributed by atoms with van der Waals surface area (Å²) in [4.78, 5) is 0. The Balaban J connectivity index is 2.52. The van der Waals surface area contributed by atoms with Crippen LogP contribution in [0.15, 0.2) is 24.3 Å². The summed E-state index contributed by atoms with van der Waals surface area (Å²) in [6.07, 6.45) is 0.133. The number of aromatic nitrogens is 2. The molecule has 1 heterocycles. The van der Waals surface area contributed by atoms with Crippen LogP contribution in [0.25, 0.3) is 0 Å². The van der Waals surface area contributed by atoms with Crippen molar-refractivity contribution in [2.24, 2.45) is 0 Å². The highest BCUT2D eigenvalue weighted by Crippen LogP contribution is 2.28. The summed E-state index contributed by atoms with van der Waals surface area (Å²) < 4.78 is 0. The number of aliphatic hydroxyl groups is 1. The highest BCUT2D eigenvalue weighted by Gasteiger charge is 2.18. The highest BCUT2D eigenvalue weighted by atomic mass is 16.3. The minimum Gasteiger partial charge on any atom is -0.384 e. The van der Waals surface area contributed by atoms with Crippen molar-refractivity contribution in [1.82, 2.24) is 10.2 Å². The Labute approximate surface area is 114 Å². The second-order valence-corrected chi connectivity index (χ2v) is 4.93. The van der Waals surface area contributed by atoms with Gasteiger partial charge in [0.25, 0.3) is 0 Å². The van der Waals surface area contributed by atoms with Crippen molar-refractivity contribution in [3.63, 3.8) is 0 Å². The van der Waals surface area contributed by atoms with Gasteiger partial charge in [-0.2, -0.15) is 10.2 Å². The molecule has 3 nitrogen and oxygen atoms in total. The van der Waals surface area contributed by atoms with Crippen molar-refractivity contribution in [2.45, 2.75) is 40.2 Å². The molecule has 1 aromatic carbocycles. The van der Waals surface area contributed by atoms with E-state index in [1.807, 2.05) is 39.0 Å². The first-order valence-corrected chi connectivity index (χ1v) is 6.61. The molecule has 1 N–H and O–H groups in total. The molecule has 0 aliphatic carbocycles. The standard InChI is InChI=1S/C16H20N2O/c1-5-15-14(9-11(3)17-18-15)16(19)13-8-6-7-10(2)12(13)4/h6-9,16,19H,5H2,1-4H3. The molecule has 0 spiro atoms. The lowest BCUT2D eigenvalue weighted by atomic mass is 9.93. The van der Waals surface area contributed by atoms with Crippen molar-refractivity contribution < 1.29 is 5.11 Å². The van der Waals surface area contributed by atoms with Gasteiger partial charge in [0.2, 0.25) is 0 Å². The van der Waals surface area contributed by atoms with Gasteiger partial charge in [-0.3, -0.25) is 0 Å². The van der Waals surface area contributed by atoms with Crippen molar-refractivity contribution >= 4 is 0 Å². The Bertz CT molecular complexity index is 593. The molecule has 0 radical (unpaired) electrons. The van der Waals surface area contributed by atoms with Crippen LogP contribution in [0.3, 0.4) is 0 Å². The second kappa shape index (κ2) is 5.49. The first-order chi connectivity index (χ1) is 9.04. The molecule has 0 saturated heterocycles. The maximum Gasteiger partial charge on any atom is 0.106 e. The summed E-state index contributed by atoms with van der Waals surface area (Å²) >= 11 is 0. The number of rotatable bonds is 3. The molecule has 0 amide bonds. The first-order valence-electron chi connectivity index (χ1n) is 6.61. The SMILES string of the molecule is CCc1nnc(C)cc1C(O)c1cccc(C)c1C. The lowest BCUT2D eigenvalue weighted by molar-refractivity contribution is 0.217. The maximum absolute atomic E-state index is 10.7. The summed E-state index contributed by atoms with van der Waals surface area (Å²) in [5.74, 6) is 0. The molecular weight excluding hydrogens is 236 g/mol. The molecule has 19 heavy (non-hydrogen) atoms. The zero-order valence-electron chi connectivity index (χ0n) is 11.9. The van der Waals surface area contributed by atoms with Gasteiger partial charge in [-0.1, -0.05) is 25.1 Å². The topological polar surface area (TPSA) is 46.0 Å². The molecule has 1 unspecified atom stereocenters. The quantitative estimate of drug-likeness (QED) is 0.918. The van der Waals surface area contributed by atoms with Crippen LogP contribution in [0.4, 0.5) is 0 Å². The minimum absolute atomic E-state index is 0.635. The Hall–Kier alpha value is -1.74. The van der Waals surface area contributed by atoms with E-state index in [2.05, 4.69) is 23.2 Å². The number of hydrogen-bond donors (Lipinski definition) is 1. The molecule has 0 aliphatic rings. The molecule has 2 rings (SSSR count). The summed E-state index contributed by atoms with van der Waals surface area (Å²) in [5, 5.41) is 18.9. The first kappa shape index (κ1) is 13.7. The number of benzene rings is 1. The van der Waals surface area contributed by atoms with E-state index in [9.17, 15) is 5.11 Å². The van der Waals surface area contributed by atoms with Crippen LogP contribution in [-0.2, 0) is 6.42 Å². The summed E-state index contributed by atoms with van der Waals surface area (Å²) in [7, 11) is 0. The maximum atomic E-state index is 10.7. The van der Waals surface area contributed by atoms with Gasteiger partial charge in [0.15, 0.2) is 0 Å². The third-order valence-corrected chi connectivity index (χ3v) is 3.60.